The maximum atomic E-state index is 12.7. The third-order valence-electron chi connectivity index (χ3n) is 5.42. The average molecular weight is 328 g/mol. The summed E-state index contributed by atoms with van der Waals surface area (Å²) in [6.45, 7) is 2.96. The third kappa shape index (κ3) is 3.80. The van der Waals surface area contributed by atoms with Gasteiger partial charge in [-0.15, -0.1) is 0 Å². The Balaban J connectivity index is 1.60. The van der Waals surface area contributed by atoms with Gasteiger partial charge in [-0.1, -0.05) is 43.9 Å². The van der Waals surface area contributed by atoms with Crippen molar-refractivity contribution in [2.75, 3.05) is 18.0 Å². The Morgan fingerprint density at radius 3 is 2.54 bits per heavy atom. The molecule has 0 spiro atoms. The van der Waals surface area contributed by atoms with E-state index < -0.39 is 0 Å². The van der Waals surface area contributed by atoms with Crippen LogP contribution in [0, 0.1) is 0 Å². The van der Waals surface area contributed by atoms with Crippen LogP contribution in [-0.4, -0.2) is 35.8 Å². The fourth-order valence-corrected chi connectivity index (χ4v) is 4.11. The van der Waals surface area contributed by atoms with Gasteiger partial charge in [-0.05, 0) is 30.9 Å². The predicted octanol–water partition coefficient (Wildman–Crippen LogP) is 3.54. The molecule has 0 saturated heterocycles. The average Bonchev–Trinajstić information content (AvgIpc) is 2.83. The van der Waals surface area contributed by atoms with Crippen molar-refractivity contribution in [3.05, 3.63) is 29.8 Å². The summed E-state index contributed by atoms with van der Waals surface area (Å²) in [4.78, 5) is 28.6. The highest BCUT2D eigenvalue weighted by atomic mass is 16.2. The molecule has 1 saturated carbocycles. The van der Waals surface area contributed by atoms with Crippen molar-refractivity contribution in [3.63, 3.8) is 0 Å². The maximum absolute atomic E-state index is 12.7. The summed E-state index contributed by atoms with van der Waals surface area (Å²) in [6.07, 6.45) is 8.45. The van der Waals surface area contributed by atoms with Gasteiger partial charge in [-0.3, -0.25) is 9.59 Å². The Kier molecular flexibility index (Phi) is 5.54. The number of fused-ring (bicyclic) bond motifs is 1. The molecule has 0 radical (unpaired) electrons. The molecular weight excluding hydrogens is 300 g/mol. The van der Waals surface area contributed by atoms with E-state index >= 15 is 0 Å². The Morgan fingerprint density at radius 1 is 1.12 bits per heavy atom. The summed E-state index contributed by atoms with van der Waals surface area (Å²) in [5, 5.41) is 0. The van der Waals surface area contributed by atoms with E-state index in [4.69, 9.17) is 0 Å². The van der Waals surface area contributed by atoms with Crippen LogP contribution >= 0.6 is 0 Å². The number of rotatable bonds is 4. The van der Waals surface area contributed by atoms with Crippen molar-refractivity contribution >= 4 is 17.5 Å². The van der Waals surface area contributed by atoms with Gasteiger partial charge in [0.1, 0.15) is 0 Å². The first-order valence-corrected chi connectivity index (χ1v) is 9.32. The van der Waals surface area contributed by atoms with E-state index in [2.05, 4.69) is 6.07 Å². The molecular formula is C20H28N2O2. The second-order valence-corrected chi connectivity index (χ2v) is 7.03. The topological polar surface area (TPSA) is 40.6 Å². The highest BCUT2D eigenvalue weighted by Crippen LogP contribution is 2.28. The summed E-state index contributed by atoms with van der Waals surface area (Å²) in [6, 6.07) is 8.45. The number of carbonyl (C=O) groups excluding carboxylic acids is 2. The molecule has 0 unspecified atom stereocenters. The molecule has 130 valence electrons. The van der Waals surface area contributed by atoms with Crippen molar-refractivity contribution in [1.29, 1.82) is 0 Å². The Morgan fingerprint density at radius 2 is 1.83 bits per heavy atom. The normalized spacial score (nSPS) is 18.1. The van der Waals surface area contributed by atoms with Gasteiger partial charge in [0.15, 0.2) is 0 Å². The van der Waals surface area contributed by atoms with E-state index in [1.807, 2.05) is 28.0 Å². The van der Waals surface area contributed by atoms with Crippen molar-refractivity contribution in [2.24, 2.45) is 0 Å². The molecule has 0 bridgehead atoms. The van der Waals surface area contributed by atoms with E-state index in [0.29, 0.717) is 19.0 Å². The summed E-state index contributed by atoms with van der Waals surface area (Å²) >= 11 is 0. The van der Waals surface area contributed by atoms with Gasteiger partial charge in [0.25, 0.3) is 0 Å². The SMILES string of the molecule is CC(=O)N(CCC(=O)N1CCc2ccccc21)C1CCCCCC1. The summed E-state index contributed by atoms with van der Waals surface area (Å²) < 4.78 is 0. The van der Waals surface area contributed by atoms with Crippen LogP contribution in [0.3, 0.4) is 0 Å². The first kappa shape index (κ1) is 17.0. The van der Waals surface area contributed by atoms with Crippen LogP contribution in [0.15, 0.2) is 24.3 Å². The van der Waals surface area contributed by atoms with Crippen molar-refractivity contribution in [3.8, 4) is 0 Å². The van der Waals surface area contributed by atoms with Crippen LogP contribution in [0.2, 0.25) is 0 Å². The molecule has 1 aromatic carbocycles. The van der Waals surface area contributed by atoms with E-state index in [0.717, 1.165) is 31.5 Å². The molecule has 2 amide bonds. The number of amides is 2. The highest BCUT2D eigenvalue weighted by Gasteiger charge is 2.27. The second kappa shape index (κ2) is 7.82. The molecule has 3 rings (SSSR count). The Labute approximate surface area is 144 Å². The number of carbonyl (C=O) groups is 2. The van der Waals surface area contributed by atoms with Gasteiger partial charge in [0.2, 0.25) is 11.8 Å². The largest absolute Gasteiger partial charge is 0.339 e. The number of hydrogen-bond donors (Lipinski definition) is 0. The summed E-state index contributed by atoms with van der Waals surface area (Å²) in [5.41, 5.74) is 2.30. The predicted molar refractivity (Wildman–Crippen MR) is 96.0 cm³/mol. The lowest BCUT2D eigenvalue weighted by Crippen LogP contribution is -2.41. The summed E-state index contributed by atoms with van der Waals surface area (Å²) in [5.74, 6) is 0.247. The minimum Gasteiger partial charge on any atom is -0.339 e. The fraction of sp³-hybridized carbons (Fsp3) is 0.600. The van der Waals surface area contributed by atoms with Gasteiger partial charge in [-0.25, -0.2) is 0 Å². The molecule has 0 N–H and O–H groups in total. The molecule has 1 heterocycles. The number of hydrogen-bond acceptors (Lipinski definition) is 2. The number of para-hydroxylation sites is 1. The third-order valence-corrected chi connectivity index (χ3v) is 5.42. The molecule has 4 nitrogen and oxygen atoms in total. The molecule has 2 aliphatic rings. The van der Waals surface area contributed by atoms with Crippen LogP contribution in [0.4, 0.5) is 5.69 Å². The molecule has 1 aromatic rings. The van der Waals surface area contributed by atoms with E-state index in [1.54, 1.807) is 6.92 Å². The van der Waals surface area contributed by atoms with Crippen LogP contribution in [0.5, 0.6) is 0 Å². The van der Waals surface area contributed by atoms with Gasteiger partial charge >= 0.3 is 0 Å². The first-order valence-electron chi connectivity index (χ1n) is 9.32. The second-order valence-electron chi connectivity index (χ2n) is 7.03. The van der Waals surface area contributed by atoms with Crippen LogP contribution in [-0.2, 0) is 16.0 Å². The first-order chi connectivity index (χ1) is 11.7. The van der Waals surface area contributed by atoms with Gasteiger partial charge in [0, 0.05) is 38.2 Å². The molecule has 0 atom stereocenters. The van der Waals surface area contributed by atoms with E-state index in [1.165, 1.54) is 31.2 Å². The zero-order chi connectivity index (χ0) is 16.9. The van der Waals surface area contributed by atoms with Crippen LogP contribution in [0.25, 0.3) is 0 Å². The standard InChI is InChI=1S/C20H28N2O2/c1-16(23)21(18-9-4-2-3-5-10-18)15-13-20(24)22-14-12-17-8-6-7-11-19(17)22/h6-8,11,18H,2-5,9-10,12-15H2,1H3. The maximum Gasteiger partial charge on any atom is 0.228 e. The minimum absolute atomic E-state index is 0.108. The molecule has 0 aromatic heterocycles. The van der Waals surface area contributed by atoms with Crippen molar-refractivity contribution < 1.29 is 9.59 Å². The van der Waals surface area contributed by atoms with Gasteiger partial charge in [0.05, 0.1) is 0 Å². The Bertz CT molecular complexity index is 591. The zero-order valence-corrected chi connectivity index (χ0v) is 14.7. The van der Waals surface area contributed by atoms with Gasteiger partial charge in [-0.2, -0.15) is 0 Å². The molecule has 4 heteroatoms. The Hall–Kier alpha value is -1.84. The lowest BCUT2D eigenvalue weighted by atomic mass is 10.1. The lowest BCUT2D eigenvalue weighted by Gasteiger charge is -2.31. The zero-order valence-electron chi connectivity index (χ0n) is 14.7. The number of anilines is 1. The monoisotopic (exact) mass is 328 g/mol. The van der Waals surface area contributed by atoms with Gasteiger partial charge < -0.3 is 9.80 Å². The molecule has 1 aliphatic carbocycles. The molecule has 1 fully saturated rings. The highest BCUT2D eigenvalue weighted by molar-refractivity contribution is 5.95. The lowest BCUT2D eigenvalue weighted by molar-refractivity contribution is -0.132. The van der Waals surface area contributed by atoms with Crippen molar-refractivity contribution in [1.82, 2.24) is 4.90 Å². The molecule has 1 aliphatic heterocycles. The van der Waals surface area contributed by atoms with E-state index in [9.17, 15) is 9.59 Å². The van der Waals surface area contributed by atoms with Crippen LogP contribution in [0.1, 0.15) is 57.4 Å². The van der Waals surface area contributed by atoms with E-state index in [-0.39, 0.29) is 11.8 Å². The quantitative estimate of drug-likeness (QED) is 0.793. The smallest absolute Gasteiger partial charge is 0.228 e. The summed E-state index contributed by atoms with van der Waals surface area (Å²) in [7, 11) is 0. The number of benzene rings is 1. The van der Waals surface area contributed by atoms with Crippen LogP contribution < -0.4 is 4.90 Å². The number of nitrogens with zero attached hydrogens (tertiary/aromatic N) is 2. The molecule has 24 heavy (non-hydrogen) atoms. The van der Waals surface area contributed by atoms with Crippen molar-refractivity contribution in [2.45, 2.75) is 64.3 Å². The fourth-order valence-electron chi connectivity index (χ4n) is 4.11. The minimum atomic E-state index is 0.108.